The molecular weight excluding hydrogens is 164 g/mol. The lowest BCUT2D eigenvalue weighted by Crippen LogP contribution is -2.01. The van der Waals surface area contributed by atoms with Crippen molar-refractivity contribution in [1.82, 2.24) is 14.8 Å². The highest BCUT2D eigenvalue weighted by Gasteiger charge is 2.15. The van der Waals surface area contributed by atoms with Crippen molar-refractivity contribution < 1.29 is 8.78 Å². The van der Waals surface area contributed by atoms with Gasteiger partial charge >= 0.3 is 0 Å². The summed E-state index contributed by atoms with van der Waals surface area (Å²) in [6.45, 7) is 4.30. The lowest BCUT2D eigenvalue weighted by atomic mass is 10.4. The third-order valence-electron chi connectivity index (χ3n) is 1.58. The quantitative estimate of drug-likeness (QED) is 0.701. The number of hydrogen-bond donors (Lipinski definition) is 0. The Bertz CT molecular complexity index is 236. The monoisotopic (exact) mass is 175 g/mol. The summed E-state index contributed by atoms with van der Waals surface area (Å²) in [5.41, 5.74) is 0. The Hall–Kier alpha value is -1.00. The molecule has 0 N–H and O–H groups in total. The first-order chi connectivity index (χ1) is 5.69. The van der Waals surface area contributed by atoms with Gasteiger partial charge in [0.05, 0.1) is 0 Å². The van der Waals surface area contributed by atoms with Gasteiger partial charge in [0.25, 0.3) is 6.43 Å². The van der Waals surface area contributed by atoms with Crippen LogP contribution in [-0.4, -0.2) is 14.8 Å². The topological polar surface area (TPSA) is 30.7 Å². The van der Waals surface area contributed by atoms with Crippen LogP contribution in [0.4, 0.5) is 8.78 Å². The predicted octanol–water partition coefficient (Wildman–Crippen LogP) is 1.80. The lowest BCUT2D eigenvalue weighted by Gasteiger charge is -1.96. The first kappa shape index (κ1) is 9.09. The van der Waals surface area contributed by atoms with Gasteiger partial charge in [-0.3, -0.25) is 0 Å². The first-order valence-electron chi connectivity index (χ1n) is 3.90. The van der Waals surface area contributed by atoms with Crippen molar-refractivity contribution in [2.45, 2.75) is 33.2 Å². The molecule has 0 bridgehead atoms. The molecular formula is C7H11F2N3. The zero-order valence-electron chi connectivity index (χ0n) is 7.09. The Morgan fingerprint density at radius 3 is 2.42 bits per heavy atom. The summed E-state index contributed by atoms with van der Waals surface area (Å²) in [5, 5.41) is 3.65. The van der Waals surface area contributed by atoms with Gasteiger partial charge in [-0.25, -0.2) is 18.4 Å². The highest BCUT2D eigenvalue weighted by atomic mass is 19.3. The van der Waals surface area contributed by atoms with Crippen molar-refractivity contribution in [3.63, 3.8) is 0 Å². The van der Waals surface area contributed by atoms with Gasteiger partial charge in [0.2, 0.25) is 5.82 Å². The molecule has 1 rings (SSSR count). The molecule has 1 aromatic rings. The van der Waals surface area contributed by atoms with Crippen molar-refractivity contribution in [2.24, 2.45) is 0 Å². The molecule has 0 fully saturated rings. The second-order valence-electron chi connectivity index (χ2n) is 2.36. The molecule has 3 nitrogen and oxygen atoms in total. The van der Waals surface area contributed by atoms with Gasteiger partial charge in [-0.05, 0) is 6.92 Å². The van der Waals surface area contributed by atoms with Gasteiger partial charge in [-0.2, -0.15) is 0 Å². The van der Waals surface area contributed by atoms with Crippen LogP contribution in [0, 0.1) is 0 Å². The van der Waals surface area contributed by atoms with E-state index in [1.807, 2.05) is 13.8 Å². The lowest BCUT2D eigenvalue weighted by molar-refractivity contribution is 0.140. The van der Waals surface area contributed by atoms with Gasteiger partial charge in [-0.1, -0.05) is 6.92 Å². The molecule has 0 saturated carbocycles. The number of hydrogen-bond acceptors (Lipinski definition) is 2. The fourth-order valence-electron chi connectivity index (χ4n) is 1.00. The summed E-state index contributed by atoms with van der Waals surface area (Å²) in [5.74, 6) is 0.251. The molecule has 0 atom stereocenters. The summed E-state index contributed by atoms with van der Waals surface area (Å²) in [6.07, 6.45) is -1.93. The second kappa shape index (κ2) is 3.60. The van der Waals surface area contributed by atoms with E-state index < -0.39 is 6.43 Å². The van der Waals surface area contributed by atoms with Crippen LogP contribution in [0.15, 0.2) is 0 Å². The molecule has 1 aromatic heterocycles. The smallest absolute Gasteiger partial charge is 0.250 e. The molecule has 0 aliphatic rings. The third-order valence-corrected chi connectivity index (χ3v) is 1.58. The van der Waals surface area contributed by atoms with Crippen LogP contribution in [0.5, 0.6) is 0 Å². The van der Waals surface area contributed by atoms with Gasteiger partial charge in [-0.15, -0.1) is 5.10 Å². The summed E-state index contributed by atoms with van der Waals surface area (Å²) in [4.78, 5) is 3.70. The Balaban J connectivity index is 2.97. The number of aryl methyl sites for hydroxylation is 2. The van der Waals surface area contributed by atoms with E-state index in [9.17, 15) is 8.78 Å². The number of alkyl halides is 2. The third kappa shape index (κ3) is 1.60. The van der Waals surface area contributed by atoms with Crippen molar-refractivity contribution in [3.05, 3.63) is 11.6 Å². The van der Waals surface area contributed by atoms with E-state index in [-0.39, 0.29) is 5.82 Å². The van der Waals surface area contributed by atoms with Crippen LogP contribution >= 0.6 is 0 Å². The molecule has 12 heavy (non-hydrogen) atoms. The van der Waals surface area contributed by atoms with E-state index in [1.54, 1.807) is 0 Å². The number of halogens is 2. The summed E-state index contributed by atoms with van der Waals surface area (Å²) in [7, 11) is 0. The molecule has 1 heterocycles. The zero-order chi connectivity index (χ0) is 9.14. The van der Waals surface area contributed by atoms with Crippen molar-refractivity contribution >= 4 is 0 Å². The van der Waals surface area contributed by atoms with Gasteiger partial charge < -0.3 is 0 Å². The number of nitrogens with zero attached hydrogens (tertiary/aromatic N) is 3. The van der Waals surface area contributed by atoms with Gasteiger partial charge in [0.1, 0.15) is 5.82 Å². The second-order valence-corrected chi connectivity index (χ2v) is 2.36. The summed E-state index contributed by atoms with van der Waals surface area (Å²) in [6, 6.07) is 0. The maximum atomic E-state index is 12.1. The minimum absolute atomic E-state index is 0.367. The van der Waals surface area contributed by atoms with Crippen molar-refractivity contribution in [3.8, 4) is 0 Å². The molecule has 0 aromatic carbocycles. The van der Waals surface area contributed by atoms with E-state index in [4.69, 9.17) is 0 Å². The van der Waals surface area contributed by atoms with Crippen LogP contribution in [0.1, 0.15) is 31.9 Å². The highest BCUT2D eigenvalue weighted by Crippen LogP contribution is 2.14. The highest BCUT2D eigenvalue weighted by molar-refractivity contribution is 4.93. The Morgan fingerprint density at radius 2 is 2.08 bits per heavy atom. The van der Waals surface area contributed by atoms with E-state index >= 15 is 0 Å². The average Bonchev–Trinajstić information content (AvgIpc) is 2.46. The molecule has 0 amide bonds. The van der Waals surface area contributed by atoms with E-state index in [2.05, 4.69) is 10.1 Å². The molecule has 0 aliphatic carbocycles. The van der Waals surface area contributed by atoms with E-state index in [0.717, 1.165) is 0 Å². The molecule has 0 aliphatic heterocycles. The molecule has 0 unspecified atom stereocenters. The molecule has 0 saturated heterocycles. The first-order valence-corrected chi connectivity index (χ1v) is 3.90. The molecule has 0 radical (unpaired) electrons. The van der Waals surface area contributed by atoms with E-state index in [1.165, 1.54) is 4.68 Å². The molecule has 0 spiro atoms. The number of rotatable bonds is 3. The average molecular weight is 175 g/mol. The van der Waals surface area contributed by atoms with Crippen molar-refractivity contribution in [1.29, 1.82) is 0 Å². The van der Waals surface area contributed by atoms with Crippen molar-refractivity contribution in [2.75, 3.05) is 0 Å². The van der Waals surface area contributed by atoms with Crippen LogP contribution in [0.3, 0.4) is 0 Å². The van der Waals surface area contributed by atoms with Gasteiger partial charge in [0.15, 0.2) is 0 Å². The van der Waals surface area contributed by atoms with E-state index in [0.29, 0.717) is 18.8 Å². The van der Waals surface area contributed by atoms with Crippen LogP contribution in [-0.2, 0) is 13.0 Å². The Morgan fingerprint density at radius 1 is 1.42 bits per heavy atom. The fraction of sp³-hybridized carbons (Fsp3) is 0.714. The zero-order valence-corrected chi connectivity index (χ0v) is 7.09. The van der Waals surface area contributed by atoms with Gasteiger partial charge in [0, 0.05) is 13.0 Å². The van der Waals surface area contributed by atoms with Crippen LogP contribution < -0.4 is 0 Å². The predicted molar refractivity (Wildman–Crippen MR) is 40.0 cm³/mol. The Labute approximate surface area is 69.4 Å². The normalized spacial score (nSPS) is 11.1. The SMILES string of the molecule is CCc1nc(C(F)F)nn1CC. The number of aromatic nitrogens is 3. The standard InChI is InChI=1S/C7H11F2N3/c1-3-5-10-7(6(8)9)11-12(5)4-2/h6H,3-4H2,1-2H3. The minimum Gasteiger partial charge on any atom is -0.250 e. The maximum absolute atomic E-state index is 12.1. The largest absolute Gasteiger partial charge is 0.299 e. The van der Waals surface area contributed by atoms with Crippen LogP contribution in [0.25, 0.3) is 0 Å². The fourth-order valence-corrected chi connectivity index (χ4v) is 1.00. The summed E-state index contributed by atoms with van der Waals surface area (Å²) < 4.78 is 25.7. The maximum Gasteiger partial charge on any atom is 0.299 e. The molecule has 68 valence electrons. The minimum atomic E-state index is -2.57. The Kier molecular flexibility index (Phi) is 2.73. The molecule has 5 heteroatoms. The summed E-state index contributed by atoms with van der Waals surface area (Å²) >= 11 is 0. The van der Waals surface area contributed by atoms with Crippen LogP contribution in [0.2, 0.25) is 0 Å².